The number of carbonyl (C=O) groups is 2. The molecule has 6 nitrogen and oxygen atoms in total. The van der Waals surface area contributed by atoms with Crippen LogP contribution in [0.5, 0.6) is 0 Å². The molecule has 170 valence electrons. The maximum absolute atomic E-state index is 13.8. The van der Waals surface area contributed by atoms with E-state index < -0.39 is 6.04 Å². The summed E-state index contributed by atoms with van der Waals surface area (Å²) >= 11 is 1.66. The van der Waals surface area contributed by atoms with E-state index in [-0.39, 0.29) is 23.9 Å². The van der Waals surface area contributed by atoms with Gasteiger partial charge in [0.25, 0.3) is 0 Å². The summed E-state index contributed by atoms with van der Waals surface area (Å²) in [6.45, 7) is 0.841. The molecule has 3 aliphatic rings. The van der Waals surface area contributed by atoms with Gasteiger partial charge in [0.1, 0.15) is 6.04 Å². The lowest BCUT2D eigenvalue weighted by molar-refractivity contribution is -0.127. The Labute approximate surface area is 193 Å². The third-order valence-electron chi connectivity index (χ3n) is 6.88. The highest BCUT2D eigenvalue weighted by atomic mass is 32.1. The molecule has 32 heavy (non-hydrogen) atoms. The molecular formula is C25H32N4O2S. The van der Waals surface area contributed by atoms with Crippen molar-refractivity contribution in [3.8, 4) is 0 Å². The Morgan fingerprint density at radius 1 is 1.06 bits per heavy atom. The maximum atomic E-state index is 13.8. The quantitative estimate of drug-likeness (QED) is 0.657. The molecule has 2 aromatic rings. The summed E-state index contributed by atoms with van der Waals surface area (Å²) < 4.78 is 0. The molecule has 2 N–H and O–H groups in total. The molecule has 0 bridgehead atoms. The molecule has 0 spiro atoms. The summed E-state index contributed by atoms with van der Waals surface area (Å²) in [5.74, 6) is 0.500. The monoisotopic (exact) mass is 452 g/mol. The van der Waals surface area contributed by atoms with Gasteiger partial charge in [-0.2, -0.15) is 0 Å². The second kappa shape index (κ2) is 9.71. The molecule has 2 aromatic heterocycles. The van der Waals surface area contributed by atoms with Crippen LogP contribution in [-0.4, -0.2) is 35.4 Å². The summed E-state index contributed by atoms with van der Waals surface area (Å²) in [5, 5.41) is 7.48. The highest BCUT2D eigenvalue weighted by molar-refractivity contribution is 7.16. The van der Waals surface area contributed by atoms with Crippen LogP contribution in [-0.2, 0) is 9.59 Å². The number of aromatic nitrogens is 1. The van der Waals surface area contributed by atoms with E-state index in [9.17, 15) is 9.59 Å². The third-order valence-corrected chi connectivity index (χ3v) is 8.13. The van der Waals surface area contributed by atoms with Crippen molar-refractivity contribution in [2.75, 3.05) is 11.4 Å². The first kappa shape index (κ1) is 21.6. The predicted octanol–water partition coefficient (Wildman–Crippen LogP) is 4.30. The van der Waals surface area contributed by atoms with Crippen LogP contribution >= 0.6 is 11.3 Å². The molecule has 7 heteroatoms. The molecule has 5 rings (SSSR count). The summed E-state index contributed by atoms with van der Waals surface area (Å²) in [6.07, 6.45) is 13.2. The first-order valence-corrected chi connectivity index (χ1v) is 12.9. The number of hydrogen-bond acceptors (Lipinski definition) is 5. The van der Waals surface area contributed by atoms with Crippen LogP contribution in [0.1, 0.15) is 80.2 Å². The van der Waals surface area contributed by atoms with Gasteiger partial charge in [-0.1, -0.05) is 25.3 Å². The van der Waals surface area contributed by atoms with Crippen LogP contribution in [0.15, 0.2) is 36.7 Å². The summed E-state index contributed by atoms with van der Waals surface area (Å²) in [6, 6.07) is 7.14. The zero-order valence-corrected chi connectivity index (χ0v) is 19.3. The number of hydrogen-bond donors (Lipinski definition) is 2. The number of rotatable bonds is 7. The first-order valence-electron chi connectivity index (χ1n) is 12.1. The van der Waals surface area contributed by atoms with E-state index in [0.29, 0.717) is 5.92 Å². The number of carbonyl (C=O) groups excluding carboxylic acids is 2. The molecule has 2 aliphatic carbocycles. The molecule has 1 saturated heterocycles. The fraction of sp³-hybridized carbons (Fsp3) is 0.560. The lowest BCUT2D eigenvalue weighted by Crippen LogP contribution is -2.51. The number of amides is 2. The topological polar surface area (TPSA) is 74.3 Å². The van der Waals surface area contributed by atoms with E-state index >= 15 is 0 Å². The van der Waals surface area contributed by atoms with Gasteiger partial charge in [0.05, 0.1) is 11.0 Å². The Morgan fingerprint density at radius 3 is 2.59 bits per heavy atom. The van der Waals surface area contributed by atoms with Gasteiger partial charge in [-0.05, 0) is 69.2 Å². The highest BCUT2D eigenvalue weighted by Gasteiger charge is 2.39. The van der Waals surface area contributed by atoms with Crippen LogP contribution in [0.3, 0.4) is 0 Å². The molecule has 2 amide bonds. The van der Waals surface area contributed by atoms with E-state index in [0.717, 1.165) is 55.6 Å². The molecule has 0 aromatic carbocycles. The zero-order chi connectivity index (χ0) is 21.9. The number of nitrogens with zero attached hydrogens (tertiary/aromatic N) is 2. The van der Waals surface area contributed by atoms with Crippen LogP contribution < -0.4 is 15.5 Å². The van der Waals surface area contributed by atoms with Crippen molar-refractivity contribution < 1.29 is 9.59 Å². The van der Waals surface area contributed by atoms with Crippen LogP contribution in [0.2, 0.25) is 0 Å². The van der Waals surface area contributed by atoms with Crippen molar-refractivity contribution in [3.05, 3.63) is 47.1 Å². The smallest absolute Gasteiger partial charge is 0.248 e. The Kier molecular flexibility index (Phi) is 6.55. The first-order chi connectivity index (χ1) is 15.7. The largest absolute Gasteiger partial charge is 0.351 e. The molecule has 1 aliphatic heterocycles. The zero-order valence-electron chi connectivity index (χ0n) is 18.5. The molecule has 2 atom stereocenters. The van der Waals surface area contributed by atoms with Gasteiger partial charge in [0.2, 0.25) is 11.8 Å². The summed E-state index contributed by atoms with van der Waals surface area (Å²) in [5.41, 5.74) is 0.758. The predicted molar refractivity (Wildman–Crippen MR) is 127 cm³/mol. The van der Waals surface area contributed by atoms with Gasteiger partial charge in [-0.25, -0.2) is 0 Å². The number of nitrogens with one attached hydrogen (secondary N) is 2. The third kappa shape index (κ3) is 4.74. The summed E-state index contributed by atoms with van der Waals surface area (Å²) in [7, 11) is 0. The van der Waals surface area contributed by atoms with Gasteiger partial charge < -0.3 is 10.6 Å². The van der Waals surface area contributed by atoms with Crippen LogP contribution in [0.25, 0.3) is 0 Å². The second-order valence-corrected chi connectivity index (χ2v) is 10.4. The lowest BCUT2D eigenvalue weighted by atomic mass is 9.94. The maximum Gasteiger partial charge on any atom is 0.248 e. The van der Waals surface area contributed by atoms with E-state index in [1.807, 2.05) is 18.2 Å². The van der Waals surface area contributed by atoms with E-state index in [1.165, 1.54) is 24.1 Å². The van der Waals surface area contributed by atoms with Gasteiger partial charge in [0.15, 0.2) is 0 Å². The van der Waals surface area contributed by atoms with Gasteiger partial charge in [-0.15, -0.1) is 11.3 Å². The Hall–Kier alpha value is -2.25. The fourth-order valence-electron chi connectivity index (χ4n) is 4.97. The normalized spacial score (nSPS) is 22.4. The van der Waals surface area contributed by atoms with Crippen molar-refractivity contribution in [1.29, 1.82) is 0 Å². The molecule has 2 unspecified atom stereocenters. The van der Waals surface area contributed by atoms with Gasteiger partial charge in [0, 0.05) is 28.9 Å². The van der Waals surface area contributed by atoms with Gasteiger partial charge >= 0.3 is 0 Å². The summed E-state index contributed by atoms with van der Waals surface area (Å²) in [4.78, 5) is 34.9. The van der Waals surface area contributed by atoms with Crippen LogP contribution in [0, 0.1) is 0 Å². The lowest BCUT2D eigenvalue weighted by Gasteiger charge is -2.33. The Morgan fingerprint density at radius 2 is 1.91 bits per heavy atom. The van der Waals surface area contributed by atoms with Crippen molar-refractivity contribution in [3.63, 3.8) is 0 Å². The number of pyridine rings is 1. The van der Waals surface area contributed by atoms with E-state index in [2.05, 4.69) is 21.7 Å². The standard InChI is InChI=1S/C25H32N4O2S/c30-24(28-19-7-2-1-3-8-19)23(18-6-4-14-26-16-18)29(25(31)20-9-5-15-27-20)22-13-12-21(32-22)17-10-11-17/h4,6,12-14,16-17,19-20,23,27H,1-3,5,7-11,15H2,(H,28,30). The van der Waals surface area contributed by atoms with E-state index in [4.69, 9.17) is 0 Å². The second-order valence-electron chi connectivity index (χ2n) is 9.34. The Balaban J connectivity index is 1.50. The molecule has 3 fully saturated rings. The average molecular weight is 453 g/mol. The van der Waals surface area contributed by atoms with Crippen molar-refractivity contribution >= 4 is 28.2 Å². The number of thiophene rings is 1. The van der Waals surface area contributed by atoms with Crippen molar-refractivity contribution in [2.45, 2.75) is 81.8 Å². The SMILES string of the molecule is O=C(NC1CCCCC1)C(c1cccnc1)N(C(=O)C1CCCN1)c1ccc(C2CC2)s1. The molecule has 0 radical (unpaired) electrons. The molecular weight excluding hydrogens is 420 g/mol. The van der Waals surface area contributed by atoms with Gasteiger partial charge in [-0.3, -0.25) is 19.5 Å². The molecule has 2 saturated carbocycles. The minimum Gasteiger partial charge on any atom is -0.351 e. The number of anilines is 1. The minimum absolute atomic E-state index is 0.0145. The fourth-order valence-corrected chi connectivity index (χ4v) is 6.18. The highest BCUT2D eigenvalue weighted by Crippen LogP contribution is 2.46. The average Bonchev–Trinajstić information content (AvgIpc) is 3.31. The van der Waals surface area contributed by atoms with Crippen LogP contribution in [0.4, 0.5) is 5.00 Å². The minimum atomic E-state index is -0.716. The van der Waals surface area contributed by atoms with E-state index in [1.54, 1.807) is 28.6 Å². The Bertz CT molecular complexity index is 930. The van der Waals surface area contributed by atoms with Crippen molar-refractivity contribution in [2.24, 2.45) is 0 Å². The van der Waals surface area contributed by atoms with Crippen molar-refractivity contribution in [1.82, 2.24) is 15.6 Å². The molecule has 3 heterocycles.